The first kappa shape index (κ1) is 18.3. The molecule has 1 amide bonds. The van der Waals surface area contributed by atoms with Crippen LogP contribution in [0.1, 0.15) is 24.5 Å². The Morgan fingerprint density at radius 2 is 1.92 bits per heavy atom. The largest absolute Gasteiger partial charge is 0.371 e. The van der Waals surface area contributed by atoms with Gasteiger partial charge in [-0.25, -0.2) is 0 Å². The molecule has 0 spiro atoms. The standard InChI is InChI=1S/C20H25ClN2O/c1-3-23(19-6-4-5-16(2)15-19)14-12-20(24)22-13-11-17-7-9-18(21)10-8-17/h4-10,15H,3,11-14H2,1-2H3,(H,22,24). The first-order valence-electron chi connectivity index (χ1n) is 8.41. The maximum atomic E-state index is 12.0. The number of amides is 1. The summed E-state index contributed by atoms with van der Waals surface area (Å²) in [4.78, 5) is 14.3. The highest BCUT2D eigenvalue weighted by Crippen LogP contribution is 2.15. The van der Waals surface area contributed by atoms with Gasteiger partial charge in [0.15, 0.2) is 0 Å². The van der Waals surface area contributed by atoms with Crippen molar-refractivity contribution < 1.29 is 4.79 Å². The number of nitrogens with one attached hydrogen (secondary N) is 1. The minimum absolute atomic E-state index is 0.0927. The molecule has 2 aromatic rings. The van der Waals surface area contributed by atoms with Crippen LogP contribution >= 0.6 is 11.6 Å². The molecule has 0 radical (unpaired) electrons. The van der Waals surface area contributed by atoms with Gasteiger partial charge in [-0.1, -0.05) is 35.9 Å². The van der Waals surface area contributed by atoms with Crippen molar-refractivity contribution in [1.82, 2.24) is 5.32 Å². The Balaban J connectivity index is 1.74. The van der Waals surface area contributed by atoms with Crippen molar-refractivity contribution >= 4 is 23.2 Å². The lowest BCUT2D eigenvalue weighted by molar-refractivity contribution is -0.120. The molecular formula is C20H25ClN2O. The second-order valence-electron chi connectivity index (χ2n) is 5.90. The second-order valence-corrected chi connectivity index (χ2v) is 6.33. The van der Waals surface area contributed by atoms with Crippen LogP contribution < -0.4 is 10.2 Å². The van der Waals surface area contributed by atoms with Gasteiger partial charge in [0.2, 0.25) is 5.91 Å². The molecule has 0 aliphatic heterocycles. The van der Waals surface area contributed by atoms with Gasteiger partial charge < -0.3 is 10.2 Å². The molecule has 128 valence electrons. The molecule has 0 saturated carbocycles. The molecule has 3 nitrogen and oxygen atoms in total. The summed E-state index contributed by atoms with van der Waals surface area (Å²) >= 11 is 5.87. The molecule has 0 aromatic heterocycles. The summed E-state index contributed by atoms with van der Waals surface area (Å²) < 4.78 is 0. The predicted molar refractivity (Wildman–Crippen MR) is 102 cm³/mol. The summed E-state index contributed by atoms with van der Waals surface area (Å²) in [7, 11) is 0. The highest BCUT2D eigenvalue weighted by molar-refractivity contribution is 6.30. The normalized spacial score (nSPS) is 10.5. The second kappa shape index (κ2) is 9.33. The number of nitrogens with zero attached hydrogens (tertiary/aromatic N) is 1. The van der Waals surface area contributed by atoms with E-state index in [-0.39, 0.29) is 5.91 Å². The topological polar surface area (TPSA) is 32.3 Å². The molecule has 0 saturated heterocycles. The van der Waals surface area contributed by atoms with Crippen molar-refractivity contribution in [2.75, 3.05) is 24.5 Å². The highest BCUT2D eigenvalue weighted by atomic mass is 35.5. The lowest BCUT2D eigenvalue weighted by Gasteiger charge is -2.23. The van der Waals surface area contributed by atoms with Gasteiger partial charge >= 0.3 is 0 Å². The molecule has 0 atom stereocenters. The van der Waals surface area contributed by atoms with Gasteiger partial charge in [0, 0.05) is 36.8 Å². The molecule has 2 aromatic carbocycles. The summed E-state index contributed by atoms with van der Waals surface area (Å²) in [5, 5.41) is 3.72. The molecule has 0 fully saturated rings. The van der Waals surface area contributed by atoms with Crippen LogP contribution in [0, 0.1) is 6.92 Å². The Kier molecular flexibility index (Phi) is 7.13. The van der Waals surface area contributed by atoms with Gasteiger partial charge in [-0.3, -0.25) is 4.79 Å². The molecule has 0 heterocycles. The van der Waals surface area contributed by atoms with Crippen LogP contribution in [-0.2, 0) is 11.2 Å². The Morgan fingerprint density at radius 3 is 2.58 bits per heavy atom. The Morgan fingerprint density at radius 1 is 1.17 bits per heavy atom. The molecule has 0 aliphatic rings. The summed E-state index contributed by atoms with van der Waals surface area (Å²) in [5.41, 5.74) is 3.58. The summed E-state index contributed by atoms with van der Waals surface area (Å²) in [6, 6.07) is 16.1. The maximum Gasteiger partial charge on any atom is 0.221 e. The van der Waals surface area contributed by atoms with E-state index in [9.17, 15) is 4.79 Å². The zero-order valence-corrected chi connectivity index (χ0v) is 15.1. The number of hydrogen-bond acceptors (Lipinski definition) is 2. The fourth-order valence-corrected chi connectivity index (χ4v) is 2.74. The van der Waals surface area contributed by atoms with Gasteiger partial charge in [0.25, 0.3) is 0 Å². The van der Waals surface area contributed by atoms with Gasteiger partial charge in [-0.15, -0.1) is 0 Å². The van der Waals surface area contributed by atoms with Crippen LogP contribution in [0.5, 0.6) is 0 Å². The lowest BCUT2D eigenvalue weighted by atomic mass is 10.1. The quantitative estimate of drug-likeness (QED) is 0.777. The monoisotopic (exact) mass is 344 g/mol. The third kappa shape index (κ3) is 5.89. The Hall–Kier alpha value is -2.00. The van der Waals surface area contributed by atoms with Crippen molar-refractivity contribution in [3.63, 3.8) is 0 Å². The van der Waals surface area contributed by atoms with Crippen molar-refractivity contribution in [3.05, 3.63) is 64.7 Å². The average Bonchev–Trinajstić information content (AvgIpc) is 2.57. The van der Waals surface area contributed by atoms with E-state index in [1.165, 1.54) is 16.8 Å². The van der Waals surface area contributed by atoms with Crippen LogP contribution in [0.25, 0.3) is 0 Å². The van der Waals surface area contributed by atoms with Crippen LogP contribution in [0.15, 0.2) is 48.5 Å². The predicted octanol–water partition coefficient (Wildman–Crippen LogP) is 4.22. The minimum atomic E-state index is 0.0927. The molecule has 2 rings (SSSR count). The third-order valence-corrected chi connectivity index (χ3v) is 4.26. The third-order valence-electron chi connectivity index (χ3n) is 4.01. The number of rotatable bonds is 8. The molecule has 0 aliphatic carbocycles. The fourth-order valence-electron chi connectivity index (χ4n) is 2.62. The number of carbonyl (C=O) groups excluding carboxylic acids is 1. The van der Waals surface area contributed by atoms with E-state index >= 15 is 0 Å². The molecule has 4 heteroatoms. The molecule has 0 unspecified atom stereocenters. The number of carbonyl (C=O) groups is 1. The van der Waals surface area contributed by atoms with E-state index in [4.69, 9.17) is 11.6 Å². The minimum Gasteiger partial charge on any atom is -0.371 e. The number of anilines is 1. The lowest BCUT2D eigenvalue weighted by Crippen LogP contribution is -2.31. The van der Waals surface area contributed by atoms with Crippen molar-refractivity contribution in [2.45, 2.75) is 26.7 Å². The molecule has 24 heavy (non-hydrogen) atoms. The fraction of sp³-hybridized carbons (Fsp3) is 0.350. The number of hydrogen-bond donors (Lipinski definition) is 1. The maximum absolute atomic E-state index is 12.0. The van der Waals surface area contributed by atoms with E-state index in [1.807, 2.05) is 24.3 Å². The van der Waals surface area contributed by atoms with E-state index in [0.29, 0.717) is 13.0 Å². The Labute approximate surface area is 149 Å². The SMILES string of the molecule is CCN(CCC(=O)NCCc1ccc(Cl)cc1)c1cccc(C)c1. The highest BCUT2D eigenvalue weighted by Gasteiger charge is 2.08. The molecule has 0 bridgehead atoms. The summed E-state index contributed by atoms with van der Waals surface area (Å²) in [6.45, 7) is 6.47. The van der Waals surface area contributed by atoms with Gasteiger partial charge in [-0.05, 0) is 55.7 Å². The zero-order valence-electron chi connectivity index (χ0n) is 14.4. The van der Waals surface area contributed by atoms with E-state index in [2.05, 4.69) is 48.3 Å². The smallest absolute Gasteiger partial charge is 0.221 e. The summed E-state index contributed by atoms with van der Waals surface area (Å²) in [6.07, 6.45) is 1.32. The summed E-state index contributed by atoms with van der Waals surface area (Å²) in [5.74, 6) is 0.0927. The average molecular weight is 345 g/mol. The van der Waals surface area contributed by atoms with Gasteiger partial charge in [0.05, 0.1) is 0 Å². The number of halogens is 1. The number of benzene rings is 2. The van der Waals surface area contributed by atoms with Crippen molar-refractivity contribution in [1.29, 1.82) is 0 Å². The van der Waals surface area contributed by atoms with E-state index in [0.717, 1.165) is 24.5 Å². The van der Waals surface area contributed by atoms with Gasteiger partial charge in [0.1, 0.15) is 0 Å². The molecular weight excluding hydrogens is 320 g/mol. The Bertz CT molecular complexity index is 655. The number of aryl methyl sites for hydroxylation is 1. The van der Waals surface area contributed by atoms with Gasteiger partial charge in [-0.2, -0.15) is 0 Å². The van der Waals surface area contributed by atoms with Crippen molar-refractivity contribution in [2.24, 2.45) is 0 Å². The van der Waals surface area contributed by atoms with Crippen LogP contribution in [0.4, 0.5) is 5.69 Å². The van der Waals surface area contributed by atoms with E-state index in [1.54, 1.807) is 0 Å². The molecule has 1 N–H and O–H groups in total. The van der Waals surface area contributed by atoms with Crippen LogP contribution in [0.3, 0.4) is 0 Å². The van der Waals surface area contributed by atoms with Crippen molar-refractivity contribution in [3.8, 4) is 0 Å². The van der Waals surface area contributed by atoms with Crippen LogP contribution in [-0.4, -0.2) is 25.5 Å². The van der Waals surface area contributed by atoms with Crippen LogP contribution in [0.2, 0.25) is 5.02 Å². The zero-order chi connectivity index (χ0) is 17.4. The first-order chi connectivity index (χ1) is 11.6. The van der Waals surface area contributed by atoms with E-state index < -0.39 is 0 Å². The first-order valence-corrected chi connectivity index (χ1v) is 8.79.